The second kappa shape index (κ2) is 7.30. The number of benzene rings is 2. The van der Waals surface area contributed by atoms with Gasteiger partial charge in [0.15, 0.2) is 5.75 Å². The molecule has 3 aromatic rings. The molecular weight excluding hydrogens is 444 g/mol. The van der Waals surface area contributed by atoms with Gasteiger partial charge >= 0.3 is 6.18 Å². The number of rotatable bonds is 3. The van der Waals surface area contributed by atoms with Crippen molar-refractivity contribution in [2.45, 2.75) is 6.18 Å². The summed E-state index contributed by atoms with van der Waals surface area (Å²) < 4.78 is 43.3. The van der Waals surface area contributed by atoms with E-state index in [9.17, 15) is 22.8 Å². The number of hydrogen-bond acceptors (Lipinski definition) is 4. The summed E-state index contributed by atoms with van der Waals surface area (Å²) in [6, 6.07) is 10.8. The summed E-state index contributed by atoms with van der Waals surface area (Å²) in [5.74, 6) is -1.30. The highest BCUT2D eigenvalue weighted by Crippen LogP contribution is 2.41. The molecule has 0 fully saturated rings. The van der Waals surface area contributed by atoms with Crippen molar-refractivity contribution in [2.75, 3.05) is 4.90 Å². The van der Waals surface area contributed by atoms with Crippen molar-refractivity contribution in [3.05, 3.63) is 81.5 Å². The molecule has 0 spiro atoms. The summed E-state index contributed by atoms with van der Waals surface area (Å²) in [6.07, 6.45) is -3.92. The highest BCUT2D eigenvalue weighted by Gasteiger charge is 2.37. The molecule has 0 radical (unpaired) electrons. The van der Waals surface area contributed by atoms with Gasteiger partial charge in [0.2, 0.25) is 5.88 Å². The van der Waals surface area contributed by atoms with E-state index in [0.717, 1.165) is 17.0 Å². The molecule has 0 aliphatic carbocycles. The zero-order valence-electron chi connectivity index (χ0n) is 14.7. The van der Waals surface area contributed by atoms with E-state index in [2.05, 4.69) is 4.98 Å². The number of halogens is 5. The van der Waals surface area contributed by atoms with Crippen molar-refractivity contribution in [2.24, 2.45) is 0 Å². The lowest BCUT2D eigenvalue weighted by atomic mass is 10.1. The van der Waals surface area contributed by atoms with Gasteiger partial charge in [-0.3, -0.25) is 9.59 Å². The molecule has 1 aromatic heterocycles. The second-order valence-corrected chi connectivity index (χ2v) is 7.03. The van der Waals surface area contributed by atoms with Crippen molar-refractivity contribution in [1.29, 1.82) is 0 Å². The zero-order chi connectivity index (χ0) is 21.6. The van der Waals surface area contributed by atoms with Crippen molar-refractivity contribution in [3.63, 3.8) is 0 Å². The Hall–Kier alpha value is -3.10. The molecule has 2 amide bonds. The molecule has 10 heteroatoms. The van der Waals surface area contributed by atoms with Gasteiger partial charge in [0.25, 0.3) is 11.8 Å². The number of anilines is 1. The van der Waals surface area contributed by atoms with Gasteiger partial charge < -0.3 is 4.74 Å². The van der Waals surface area contributed by atoms with Crippen LogP contribution in [0.3, 0.4) is 0 Å². The van der Waals surface area contributed by atoms with Crippen molar-refractivity contribution >= 4 is 40.7 Å². The van der Waals surface area contributed by atoms with E-state index in [4.69, 9.17) is 27.9 Å². The maximum atomic E-state index is 12.6. The molecule has 0 N–H and O–H groups in total. The highest BCUT2D eigenvalue weighted by atomic mass is 35.5. The van der Waals surface area contributed by atoms with Crippen LogP contribution in [0.4, 0.5) is 18.9 Å². The van der Waals surface area contributed by atoms with Crippen molar-refractivity contribution < 1.29 is 27.5 Å². The van der Waals surface area contributed by atoms with Crippen LogP contribution >= 0.6 is 23.2 Å². The zero-order valence-corrected chi connectivity index (χ0v) is 16.2. The van der Waals surface area contributed by atoms with Crippen molar-refractivity contribution in [1.82, 2.24) is 4.98 Å². The number of alkyl halides is 3. The molecule has 152 valence electrons. The Morgan fingerprint density at radius 3 is 1.93 bits per heavy atom. The predicted octanol–water partition coefficient (Wildman–Crippen LogP) is 6.00. The molecule has 5 nitrogen and oxygen atoms in total. The first kappa shape index (κ1) is 20.2. The number of fused-ring (bicyclic) bond motifs is 1. The molecule has 4 rings (SSSR count). The lowest BCUT2D eigenvalue weighted by Gasteiger charge is -2.17. The Morgan fingerprint density at radius 1 is 0.900 bits per heavy atom. The lowest BCUT2D eigenvalue weighted by Crippen LogP contribution is -2.29. The Bertz CT molecular complexity index is 1120. The number of imide groups is 1. The largest absolute Gasteiger partial charge is 0.436 e. The summed E-state index contributed by atoms with van der Waals surface area (Å²) in [4.78, 5) is 29.7. The van der Waals surface area contributed by atoms with Gasteiger partial charge in [0, 0.05) is 12.3 Å². The fourth-order valence-electron chi connectivity index (χ4n) is 2.91. The molecular formula is C20H9Cl2F3N2O3. The van der Waals surface area contributed by atoms with Crippen LogP contribution in [0.15, 0.2) is 54.7 Å². The summed E-state index contributed by atoms with van der Waals surface area (Å²) in [6.45, 7) is 0. The number of amides is 2. The minimum atomic E-state index is -4.53. The normalized spacial score (nSPS) is 13.6. The van der Waals surface area contributed by atoms with Crippen LogP contribution in [-0.4, -0.2) is 16.8 Å². The third kappa shape index (κ3) is 3.48. The van der Waals surface area contributed by atoms with E-state index in [-0.39, 0.29) is 38.5 Å². The highest BCUT2D eigenvalue weighted by molar-refractivity contribution is 6.39. The quantitative estimate of drug-likeness (QED) is 0.457. The van der Waals surface area contributed by atoms with E-state index in [0.29, 0.717) is 6.20 Å². The minimum Gasteiger partial charge on any atom is -0.436 e. The van der Waals surface area contributed by atoms with Crippen LogP contribution in [-0.2, 0) is 6.18 Å². The fourth-order valence-corrected chi connectivity index (χ4v) is 3.46. The molecule has 0 unspecified atom stereocenters. The molecule has 0 atom stereocenters. The third-order valence-electron chi connectivity index (χ3n) is 4.31. The van der Waals surface area contributed by atoms with Crippen LogP contribution < -0.4 is 9.64 Å². The van der Waals surface area contributed by atoms with E-state index < -0.39 is 23.6 Å². The summed E-state index contributed by atoms with van der Waals surface area (Å²) in [5, 5.41) is -0.119. The number of aromatic nitrogens is 1. The Morgan fingerprint density at radius 2 is 1.47 bits per heavy atom. The number of pyridine rings is 1. The number of hydrogen-bond donors (Lipinski definition) is 0. The molecule has 0 saturated heterocycles. The van der Waals surface area contributed by atoms with Crippen LogP contribution in [0.2, 0.25) is 10.0 Å². The van der Waals surface area contributed by atoms with Crippen LogP contribution in [0.1, 0.15) is 26.3 Å². The maximum absolute atomic E-state index is 12.6. The van der Waals surface area contributed by atoms with Gasteiger partial charge in [0.1, 0.15) is 0 Å². The monoisotopic (exact) mass is 452 g/mol. The van der Waals surface area contributed by atoms with Gasteiger partial charge in [-0.15, -0.1) is 0 Å². The van der Waals surface area contributed by atoms with E-state index in [1.165, 1.54) is 24.3 Å². The first-order chi connectivity index (χ1) is 14.2. The smallest absolute Gasteiger partial charge is 0.417 e. The standard InChI is InChI=1S/C20H9Cl2F3N2O3/c21-14-7-11(27-18(28)12-3-1-2-4-13(12)19(27)29)8-15(22)17(14)30-16-6-5-10(9-26-16)20(23,24)25/h1-9H. The number of carbonyl (C=O) groups is 2. The van der Waals surface area contributed by atoms with Gasteiger partial charge in [-0.1, -0.05) is 35.3 Å². The number of carbonyl (C=O) groups excluding carboxylic acids is 2. The summed E-state index contributed by atoms with van der Waals surface area (Å²) >= 11 is 12.4. The Labute approximate surface area is 177 Å². The van der Waals surface area contributed by atoms with E-state index in [1.807, 2.05) is 0 Å². The molecule has 0 bridgehead atoms. The minimum absolute atomic E-state index is 0.0595. The molecule has 0 saturated carbocycles. The van der Waals surface area contributed by atoms with E-state index in [1.54, 1.807) is 12.1 Å². The topological polar surface area (TPSA) is 59.5 Å². The summed E-state index contributed by atoms with van der Waals surface area (Å²) in [7, 11) is 0. The third-order valence-corrected chi connectivity index (χ3v) is 4.87. The Balaban J connectivity index is 1.64. The van der Waals surface area contributed by atoms with Crippen molar-refractivity contribution in [3.8, 4) is 11.6 Å². The van der Waals surface area contributed by atoms with Gasteiger partial charge in [0.05, 0.1) is 32.4 Å². The average molecular weight is 453 g/mol. The SMILES string of the molecule is O=C1c2ccccc2C(=O)N1c1cc(Cl)c(Oc2ccc(C(F)(F)F)cn2)c(Cl)c1. The predicted molar refractivity (Wildman–Crippen MR) is 103 cm³/mol. The molecule has 2 aromatic carbocycles. The lowest BCUT2D eigenvalue weighted by molar-refractivity contribution is -0.137. The molecule has 1 aliphatic rings. The van der Waals surface area contributed by atoms with Gasteiger partial charge in [-0.2, -0.15) is 13.2 Å². The fraction of sp³-hybridized carbons (Fsp3) is 0.0500. The first-order valence-corrected chi connectivity index (χ1v) is 9.10. The maximum Gasteiger partial charge on any atom is 0.417 e. The van der Waals surface area contributed by atoms with Gasteiger partial charge in [-0.25, -0.2) is 9.88 Å². The van der Waals surface area contributed by atoms with E-state index >= 15 is 0 Å². The molecule has 30 heavy (non-hydrogen) atoms. The second-order valence-electron chi connectivity index (χ2n) is 6.21. The Kier molecular flexibility index (Phi) is 4.91. The summed E-state index contributed by atoms with van der Waals surface area (Å²) in [5.41, 5.74) is -0.301. The molecule has 2 heterocycles. The average Bonchev–Trinajstić information content (AvgIpc) is 2.95. The van der Waals surface area contributed by atoms with Crippen LogP contribution in [0.5, 0.6) is 11.6 Å². The van der Waals surface area contributed by atoms with Crippen LogP contribution in [0.25, 0.3) is 0 Å². The molecule has 1 aliphatic heterocycles. The first-order valence-electron chi connectivity index (χ1n) is 8.35. The van der Waals surface area contributed by atoms with Gasteiger partial charge in [-0.05, 0) is 30.3 Å². The number of nitrogens with zero attached hydrogens (tertiary/aromatic N) is 2. The number of ether oxygens (including phenoxy) is 1. The van der Waals surface area contributed by atoms with Crippen LogP contribution in [0, 0.1) is 0 Å².